The molecule has 0 saturated carbocycles. The maximum absolute atomic E-state index is 12.2. The van der Waals surface area contributed by atoms with Crippen LogP contribution in [0.25, 0.3) is 5.57 Å². The second-order valence-electron chi connectivity index (χ2n) is 8.39. The molecule has 1 aliphatic rings. The number of rotatable bonds is 4. The number of aromatic hydroxyl groups is 1. The number of aryl methyl sites for hydroxylation is 1. The number of carbonyl (C=O) groups excluding carboxylic acids is 1. The van der Waals surface area contributed by atoms with E-state index in [4.69, 9.17) is 0 Å². The number of anilines is 1. The van der Waals surface area contributed by atoms with Gasteiger partial charge in [0.1, 0.15) is 5.75 Å². The van der Waals surface area contributed by atoms with Crippen LogP contribution in [0.1, 0.15) is 61.7 Å². The molecule has 0 saturated heterocycles. The number of nitrogens with one attached hydrogen (secondary N) is 1. The predicted molar refractivity (Wildman–Crippen MR) is 120 cm³/mol. The standard InChI is InChI=1S/C24H29N3O2/c1-15(2)27-21-11-16(3)18(12-20(21)17(4)13-24(27,5)6)14-25-26-23(29)19-9-7-8-10-22(19)28/h7-15,28H,1-6H3,(H,26,29)/b25-14+. The van der Waals surface area contributed by atoms with Gasteiger partial charge in [-0.05, 0) is 82.5 Å². The van der Waals surface area contributed by atoms with Crippen molar-refractivity contribution in [3.8, 4) is 5.75 Å². The Kier molecular flexibility index (Phi) is 5.51. The third-order valence-corrected chi connectivity index (χ3v) is 5.29. The van der Waals surface area contributed by atoms with Crippen molar-refractivity contribution in [3.63, 3.8) is 0 Å². The highest BCUT2D eigenvalue weighted by molar-refractivity contribution is 5.97. The molecule has 2 aromatic rings. The molecule has 0 spiro atoms. The number of benzene rings is 2. The minimum atomic E-state index is -0.446. The molecule has 0 bridgehead atoms. The number of phenols is 1. The van der Waals surface area contributed by atoms with Gasteiger partial charge >= 0.3 is 0 Å². The van der Waals surface area contributed by atoms with Crippen LogP contribution in [0.15, 0.2) is 47.6 Å². The minimum absolute atomic E-state index is 0.0566. The molecule has 0 fully saturated rings. The molecule has 5 nitrogen and oxygen atoms in total. The van der Waals surface area contributed by atoms with Crippen LogP contribution in [0, 0.1) is 6.92 Å². The molecule has 1 aliphatic heterocycles. The lowest BCUT2D eigenvalue weighted by Gasteiger charge is -2.46. The van der Waals surface area contributed by atoms with Gasteiger partial charge in [-0.3, -0.25) is 4.79 Å². The van der Waals surface area contributed by atoms with E-state index in [9.17, 15) is 9.90 Å². The fraction of sp³-hybridized carbons (Fsp3) is 0.333. The Hall–Kier alpha value is -3.08. The van der Waals surface area contributed by atoms with E-state index in [2.05, 4.69) is 68.3 Å². The first-order valence-electron chi connectivity index (χ1n) is 9.87. The molecule has 0 atom stereocenters. The van der Waals surface area contributed by atoms with E-state index in [0.29, 0.717) is 6.04 Å². The highest BCUT2D eigenvalue weighted by atomic mass is 16.3. The number of hydrazone groups is 1. The van der Waals surface area contributed by atoms with Crippen molar-refractivity contribution in [2.24, 2.45) is 5.10 Å². The molecular weight excluding hydrogens is 362 g/mol. The highest BCUT2D eigenvalue weighted by Crippen LogP contribution is 2.41. The topological polar surface area (TPSA) is 64.9 Å². The number of phenolic OH excluding ortho intramolecular Hbond substituents is 1. The van der Waals surface area contributed by atoms with Crippen LogP contribution in [0.5, 0.6) is 5.75 Å². The second kappa shape index (κ2) is 7.74. The average molecular weight is 392 g/mol. The number of hydrogen-bond acceptors (Lipinski definition) is 4. The number of hydrogen-bond donors (Lipinski definition) is 2. The van der Waals surface area contributed by atoms with Gasteiger partial charge in [-0.25, -0.2) is 5.43 Å². The van der Waals surface area contributed by atoms with E-state index in [1.54, 1.807) is 24.4 Å². The Morgan fingerprint density at radius 1 is 1.21 bits per heavy atom. The van der Waals surface area contributed by atoms with Gasteiger partial charge < -0.3 is 10.0 Å². The monoisotopic (exact) mass is 391 g/mol. The Balaban J connectivity index is 1.89. The summed E-state index contributed by atoms with van der Waals surface area (Å²) in [4.78, 5) is 14.6. The maximum Gasteiger partial charge on any atom is 0.275 e. The van der Waals surface area contributed by atoms with Gasteiger partial charge in [-0.1, -0.05) is 18.2 Å². The van der Waals surface area contributed by atoms with Gasteiger partial charge in [0.2, 0.25) is 0 Å². The molecule has 0 aliphatic carbocycles. The van der Waals surface area contributed by atoms with Crippen molar-refractivity contribution in [3.05, 3.63) is 64.7 Å². The smallest absolute Gasteiger partial charge is 0.275 e. The summed E-state index contributed by atoms with van der Waals surface area (Å²) in [5.41, 5.74) is 8.29. The molecule has 5 heteroatoms. The minimum Gasteiger partial charge on any atom is -0.507 e. The van der Waals surface area contributed by atoms with Gasteiger partial charge in [0.25, 0.3) is 5.91 Å². The number of fused-ring (bicyclic) bond motifs is 1. The summed E-state index contributed by atoms with van der Waals surface area (Å²) in [7, 11) is 0. The molecule has 152 valence electrons. The van der Waals surface area contributed by atoms with Crippen LogP contribution in [0.4, 0.5) is 5.69 Å². The molecule has 1 heterocycles. The zero-order valence-corrected chi connectivity index (χ0v) is 17.9. The van der Waals surface area contributed by atoms with Crippen molar-refractivity contribution in [2.45, 2.75) is 53.1 Å². The number of carbonyl (C=O) groups is 1. The number of nitrogens with zero attached hydrogens (tertiary/aromatic N) is 2. The normalized spacial score (nSPS) is 15.4. The predicted octanol–water partition coefficient (Wildman–Crippen LogP) is 4.87. The first kappa shape index (κ1) is 20.6. The van der Waals surface area contributed by atoms with Crippen LogP contribution in [0.3, 0.4) is 0 Å². The van der Waals surface area contributed by atoms with Crippen LogP contribution in [-0.4, -0.2) is 28.8 Å². The first-order chi connectivity index (χ1) is 13.6. The summed E-state index contributed by atoms with van der Waals surface area (Å²) in [6.07, 6.45) is 3.95. The van der Waals surface area contributed by atoms with Gasteiger partial charge in [-0.15, -0.1) is 0 Å². The van der Waals surface area contributed by atoms with Gasteiger partial charge in [0, 0.05) is 17.3 Å². The second-order valence-corrected chi connectivity index (χ2v) is 8.39. The van der Waals surface area contributed by atoms with E-state index in [-0.39, 0.29) is 16.9 Å². The van der Waals surface area contributed by atoms with Gasteiger partial charge in [-0.2, -0.15) is 5.10 Å². The Bertz CT molecular complexity index is 1000. The summed E-state index contributed by atoms with van der Waals surface area (Å²) in [6.45, 7) is 13.1. The summed E-state index contributed by atoms with van der Waals surface area (Å²) in [5, 5.41) is 13.9. The molecule has 0 unspecified atom stereocenters. The lowest BCUT2D eigenvalue weighted by Crippen LogP contribution is -2.49. The zero-order valence-electron chi connectivity index (χ0n) is 17.9. The molecule has 0 aromatic heterocycles. The molecule has 2 N–H and O–H groups in total. The fourth-order valence-corrected chi connectivity index (χ4v) is 4.18. The average Bonchev–Trinajstić information content (AvgIpc) is 2.61. The Morgan fingerprint density at radius 3 is 2.55 bits per heavy atom. The lowest BCUT2D eigenvalue weighted by atomic mass is 9.86. The lowest BCUT2D eigenvalue weighted by molar-refractivity contribution is 0.0952. The summed E-state index contributed by atoms with van der Waals surface area (Å²) >= 11 is 0. The SMILES string of the molecule is CC1=CC(C)(C)N(C(C)C)c2cc(C)c(/C=N/NC(=O)c3ccccc3O)cc21. The van der Waals surface area contributed by atoms with Crippen molar-refractivity contribution in [1.82, 2.24) is 5.43 Å². The Morgan fingerprint density at radius 2 is 1.90 bits per heavy atom. The van der Waals surface area contributed by atoms with E-state index < -0.39 is 5.91 Å². The van der Waals surface area contributed by atoms with Crippen LogP contribution >= 0.6 is 0 Å². The zero-order chi connectivity index (χ0) is 21.3. The van der Waals surface area contributed by atoms with Gasteiger partial charge in [0.15, 0.2) is 0 Å². The molecule has 29 heavy (non-hydrogen) atoms. The van der Waals surface area contributed by atoms with E-state index in [1.165, 1.54) is 22.9 Å². The molecule has 1 amide bonds. The Labute approximate surface area is 172 Å². The summed E-state index contributed by atoms with van der Waals surface area (Å²) < 4.78 is 0. The third-order valence-electron chi connectivity index (χ3n) is 5.29. The largest absolute Gasteiger partial charge is 0.507 e. The van der Waals surface area contributed by atoms with Crippen molar-refractivity contribution in [1.29, 1.82) is 0 Å². The summed E-state index contributed by atoms with van der Waals surface area (Å²) in [5.74, 6) is -0.513. The molecular formula is C24H29N3O2. The molecule has 2 aromatic carbocycles. The highest BCUT2D eigenvalue weighted by Gasteiger charge is 2.33. The van der Waals surface area contributed by atoms with Crippen molar-refractivity contribution in [2.75, 3.05) is 4.90 Å². The van der Waals surface area contributed by atoms with E-state index >= 15 is 0 Å². The first-order valence-corrected chi connectivity index (χ1v) is 9.87. The maximum atomic E-state index is 12.2. The number of amides is 1. The van der Waals surface area contributed by atoms with Gasteiger partial charge in [0.05, 0.1) is 17.3 Å². The summed E-state index contributed by atoms with van der Waals surface area (Å²) in [6, 6.07) is 11.1. The van der Waals surface area contributed by atoms with E-state index in [1.807, 2.05) is 6.92 Å². The van der Waals surface area contributed by atoms with Crippen LogP contribution in [0.2, 0.25) is 0 Å². The van der Waals surface area contributed by atoms with Crippen molar-refractivity contribution < 1.29 is 9.90 Å². The quantitative estimate of drug-likeness (QED) is 0.577. The van der Waals surface area contributed by atoms with Crippen LogP contribution in [-0.2, 0) is 0 Å². The molecule has 3 rings (SSSR count). The van der Waals surface area contributed by atoms with Crippen LogP contribution < -0.4 is 10.3 Å². The molecule has 0 radical (unpaired) electrons. The number of para-hydroxylation sites is 1. The van der Waals surface area contributed by atoms with E-state index in [0.717, 1.165) is 11.1 Å². The third kappa shape index (κ3) is 4.04. The fourth-order valence-electron chi connectivity index (χ4n) is 4.18. The van der Waals surface area contributed by atoms with Crippen molar-refractivity contribution >= 4 is 23.4 Å². The number of allylic oxidation sites excluding steroid dienone is 1.